The summed E-state index contributed by atoms with van der Waals surface area (Å²) in [6.45, 7) is 0. The zero-order valence-corrected chi connectivity index (χ0v) is 14.2. The number of carbonyl (C=O) groups is 1. The van der Waals surface area contributed by atoms with Crippen LogP contribution < -0.4 is 0 Å². The summed E-state index contributed by atoms with van der Waals surface area (Å²) in [6.07, 6.45) is -0.387. The predicted molar refractivity (Wildman–Crippen MR) is 91.3 cm³/mol. The third kappa shape index (κ3) is 4.22. The first-order valence-electron chi connectivity index (χ1n) is 7.55. The normalized spacial score (nSPS) is 12.1. The van der Waals surface area contributed by atoms with E-state index in [-0.39, 0.29) is 18.1 Å². The van der Waals surface area contributed by atoms with Gasteiger partial charge in [-0.15, -0.1) is 0 Å². The number of nitrogens with zero attached hydrogens (tertiary/aromatic N) is 1. The molecule has 1 unspecified atom stereocenters. The Bertz CT molecular complexity index is 951. The highest BCUT2D eigenvalue weighted by Crippen LogP contribution is 2.33. The van der Waals surface area contributed by atoms with Crippen molar-refractivity contribution in [2.24, 2.45) is 0 Å². The van der Waals surface area contributed by atoms with Gasteiger partial charge < -0.3 is 14.1 Å². The molecule has 1 N–H and O–H groups in total. The number of benzene rings is 2. The molecule has 6 nitrogen and oxygen atoms in total. The second-order valence-corrected chi connectivity index (χ2v) is 6.40. The Kier molecular flexibility index (Phi) is 5.24. The van der Waals surface area contributed by atoms with Crippen molar-refractivity contribution in [2.75, 3.05) is 0 Å². The highest BCUT2D eigenvalue weighted by Gasteiger charge is 2.18. The minimum atomic E-state index is -2.19. The molecule has 134 valence electrons. The van der Waals surface area contributed by atoms with Crippen LogP contribution in [-0.4, -0.2) is 24.8 Å². The molecule has 1 heterocycles. The van der Waals surface area contributed by atoms with E-state index in [1.54, 1.807) is 24.3 Å². The number of carboxylic acids is 1. The first-order chi connectivity index (χ1) is 12.4. The minimum absolute atomic E-state index is 0.0246. The van der Waals surface area contributed by atoms with Crippen molar-refractivity contribution in [3.8, 4) is 22.6 Å². The molecule has 0 aliphatic carbocycles. The van der Waals surface area contributed by atoms with Crippen molar-refractivity contribution in [2.45, 2.75) is 12.2 Å². The van der Waals surface area contributed by atoms with E-state index in [2.05, 4.69) is 4.98 Å². The van der Waals surface area contributed by atoms with Crippen LogP contribution in [0.2, 0.25) is 0 Å². The molecule has 2 aromatic carbocycles. The maximum atomic E-state index is 13.2. The zero-order valence-electron chi connectivity index (χ0n) is 13.3. The maximum absolute atomic E-state index is 13.2. The molecule has 3 rings (SSSR count). The van der Waals surface area contributed by atoms with E-state index in [0.717, 1.165) is 0 Å². The Hall–Kier alpha value is -2.84. The van der Waals surface area contributed by atoms with Gasteiger partial charge in [-0.2, -0.15) is 0 Å². The van der Waals surface area contributed by atoms with E-state index >= 15 is 0 Å². The van der Waals surface area contributed by atoms with E-state index in [0.29, 0.717) is 28.1 Å². The van der Waals surface area contributed by atoms with Gasteiger partial charge in [-0.3, -0.25) is 9.00 Å². The maximum Gasteiger partial charge on any atom is 0.312 e. The molecule has 8 heteroatoms. The van der Waals surface area contributed by atoms with E-state index in [1.165, 1.54) is 24.3 Å². The van der Waals surface area contributed by atoms with Gasteiger partial charge in [0.2, 0.25) is 5.89 Å². The summed E-state index contributed by atoms with van der Waals surface area (Å²) < 4.78 is 40.4. The molecule has 3 aromatic rings. The topological polar surface area (TPSA) is 103 Å². The number of aliphatic carboxylic acids is 1. The summed E-state index contributed by atoms with van der Waals surface area (Å²) in [6, 6.07) is 12.2. The fourth-order valence-electron chi connectivity index (χ4n) is 2.46. The lowest BCUT2D eigenvalue weighted by Gasteiger charge is -2.06. The second kappa shape index (κ2) is 7.59. The SMILES string of the molecule is O=C(O)Cc1nc(-c2ccc(F)cc2)c(-c2ccc(CS(=O)[O-])cc2)o1. The number of carboxylic acid groups (broad SMARTS) is 1. The molecule has 0 bridgehead atoms. The van der Waals surface area contributed by atoms with Crippen molar-refractivity contribution >= 4 is 17.0 Å². The number of halogens is 1. The van der Waals surface area contributed by atoms with Crippen LogP contribution in [0.3, 0.4) is 0 Å². The Morgan fingerprint density at radius 3 is 2.31 bits per heavy atom. The van der Waals surface area contributed by atoms with Gasteiger partial charge >= 0.3 is 5.97 Å². The van der Waals surface area contributed by atoms with Crippen LogP contribution in [0.25, 0.3) is 22.6 Å². The van der Waals surface area contributed by atoms with Crippen molar-refractivity contribution in [3.05, 3.63) is 65.8 Å². The lowest BCUT2D eigenvalue weighted by molar-refractivity contribution is -0.136. The van der Waals surface area contributed by atoms with E-state index < -0.39 is 22.9 Å². The largest absolute Gasteiger partial charge is 0.772 e. The number of rotatable bonds is 6. The van der Waals surface area contributed by atoms with Gasteiger partial charge in [-0.25, -0.2) is 9.37 Å². The monoisotopic (exact) mass is 374 g/mol. The third-order valence-electron chi connectivity index (χ3n) is 3.59. The minimum Gasteiger partial charge on any atom is -0.772 e. The Morgan fingerprint density at radius 2 is 1.73 bits per heavy atom. The van der Waals surface area contributed by atoms with Gasteiger partial charge in [0.15, 0.2) is 5.76 Å². The number of hydrogen-bond acceptors (Lipinski definition) is 5. The zero-order chi connectivity index (χ0) is 18.7. The first kappa shape index (κ1) is 18.0. The number of aromatic nitrogens is 1. The van der Waals surface area contributed by atoms with Gasteiger partial charge in [0, 0.05) is 16.9 Å². The van der Waals surface area contributed by atoms with Crippen LogP contribution in [0, 0.1) is 5.82 Å². The third-order valence-corrected chi connectivity index (χ3v) is 4.16. The van der Waals surface area contributed by atoms with Gasteiger partial charge in [0.25, 0.3) is 0 Å². The van der Waals surface area contributed by atoms with E-state index in [4.69, 9.17) is 9.52 Å². The van der Waals surface area contributed by atoms with Crippen molar-refractivity contribution in [1.82, 2.24) is 4.98 Å². The molecule has 0 saturated heterocycles. The van der Waals surface area contributed by atoms with Gasteiger partial charge in [-0.05, 0) is 29.8 Å². The molecule has 0 spiro atoms. The van der Waals surface area contributed by atoms with E-state index in [9.17, 15) is 17.9 Å². The van der Waals surface area contributed by atoms with Crippen LogP contribution in [-0.2, 0) is 28.0 Å². The lowest BCUT2D eigenvalue weighted by Crippen LogP contribution is -1.99. The number of oxazole rings is 1. The Labute approximate surface area is 150 Å². The molecule has 0 aliphatic rings. The molecule has 26 heavy (non-hydrogen) atoms. The average molecular weight is 374 g/mol. The average Bonchev–Trinajstić information content (AvgIpc) is 2.98. The van der Waals surface area contributed by atoms with Crippen LogP contribution in [0.5, 0.6) is 0 Å². The highest BCUT2D eigenvalue weighted by atomic mass is 32.2. The standard InChI is InChI=1S/C18H14FNO5S/c19-14-7-5-12(6-8-14)17-18(25-15(20-17)9-16(21)22)13-3-1-11(2-4-13)10-26(23)24/h1-8H,9-10H2,(H,21,22)(H,23,24)/p-1. The summed E-state index contributed by atoms with van der Waals surface area (Å²) in [5.74, 6) is -1.23. The molecular formula is C18H13FNO5S-. The fourth-order valence-corrected chi connectivity index (χ4v) is 2.92. The Morgan fingerprint density at radius 1 is 1.12 bits per heavy atom. The summed E-state index contributed by atoms with van der Waals surface area (Å²) >= 11 is -2.19. The van der Waals surface area contributed by atoms with Crippen molar-refractivity contribution < 1.29 is 27.5 Å². The van der Waals surface area contributed by atoms with Gasteiger partial charge in [0.05, 0.1) is 0 Å². The first-order valence-corrected chi connectivity index (χ1v) is 8.79. The Balaban J connectivity index is 2.03. The number of hydrogen-bond donors (Lipinski definition) is 1. The molecule has 1 atom stereocenters. The molecule has 0 amide bonds. The van der Waals surface area contributed by atoms with Crippen molar-refractivity contribution in [1.29, 1.82) is 0 Å². The summed E-state index contributed by atoms with van der Waals surface area (Å²) in [5.41, 5.74) is 2.18. The molecule has 0 fully saturated rings. The molecule has 0 aliphatic heterocycles. The summed E-state index contributed by atoms with van der Waals surface area (Å²) in [7, 11) is 0. The van der Waals surface area contributed by atoms with E-state index in [1.807, 2.05) is 0 Å². The van der Waals surface area contributed by atoms with Crippen molar-refractivity contribution in [3.63, 3.8) is 0 Å². The predicted octanol–water partition coefficient (Wildman–Crippen LogP) is 3.15. The quantitative estimate of drug-likeness (QED) is 0.665. The molecular weight excluding hydrogens is 361 g/mol. The van der Waals surface area contributed by atoms with Gasteiger partial charge in [0.1, 0.15) is 17.9 Å². The highest BCUT2D eigenvalue weighted by molar-refractivity contribution is 7.78. The summed E-state index contributed by atoms with van der Waals surface area (Å²) in [5, 5.41) is 8.96. The molecule has 0 saturated carbocycles. The van der Waals surface area contributed by atoms with Crippen LogP contribution >= 0.6 is 0 Å². The second-order valence-electron chi connectivity index (χ2n) is 5.51. The lowest BCUT2D eigenvalue weighted by atomic mass is 10.0. The van der Waals surface area contributed by atoms with Crippen LogP contribution in [0.4, 0.5) is 4.39 Å². The summed E-state index contributed by atoms with van der Waals surface area (Å²) in [4.78, 5) is 15.2. The van der Waals surface area contributed by atoms with Crippen LogP contribution in [0.1, 0.15) is 11.5 Å². The smallest absolute Gasteiger partial charge is 0.312 e. The van der Waals surface area contributed by atoms with Crippen LogP contribution in [0.15, 0.2) is 52.9 Å². The molecule has 0 radical (unpaired) electrons. The van der Waals surface area contributed by atoms with Gasteiger partial charge in [-0.1, -0.05) is 35.3 Å². The molecule has 1 aromatic heterocycles. The fraction of sp³-hybridized carbons (Fsp3) is 0.111.